The molecule has 1 nitrogen and oxygen atoms in total. The van der Waals surface area contributed by atoms with Crippen LogP contribution in [0.5, 0.6) is 0 Å². The lowest BCUT2D eigenvalue weighted by molar-refractivity contribution is 0.630. The highest BCUT2D eigenvalue weighted by Crippen LogP contribution is 2.18. The average molecular weight is 192 g/mol. The topological polar surface area (TPSA) is 12.0 Å². The standard InChI is InChI=1S/C7H8ClFNP/c1-10-4-2-5(9)7(8)6(11)3-4/h2-3,10H,11H2,1H3. The zero-order chi connectivity index (χ0) is 8.43. The number of benzene rings is 1. The molecular weight excluding hydrogens is 184 g/mol. The fourth-order valence-electron chi connectivity index (χ4n) is 0.755. The molecule has 1 aromatic rings. The molecule has 0 aliphatic heterocycles. The zero-order valence-electron chi connectivity index (χ0n) is 5.99. The molecule has 0 saturated heterocycles. The number of halogens is 2. The van der Waals surface area contributed by atoms with Crippen LogP contribution in [0.15, 0.2) is 12.1 Å². The van der Waals surface area contributed by atoms with Crippen LogP contribution in [0.1, 0.15) is 0 Å². The maximum Gasteiger partial charge on any atom is 0.144 e. The summed E-state index contributed by atoms with van der Waals surface area (Å²) >= 11 is 5.58. The van der Waals surface area contributed by atoms with E-state index in [2.05, 4.69) is 14.6 Å². The van der Waals surface area contributed by atoms with E-state index in [4.69, 9.17) is 11.6 Å². The summed E-state index contributed by atoms with van der Waals surface area (Å²) in [5.41, 5.74) is 0.719. The van der Waals surface area contributed by atoms with Gasteiger partial charge in [0, 0.05) is 12.7 Å². The van der Waals surface area contributed by atoms with Gasteiger partial charge < -0.3 is 5.32 Å². The van der Waals surface area contributed by atoms with Crippen LogP contribution in [-0.4, -0.2) is 7.05 Å². The minimum absolute atomic E-state index is 0.161. The van der Waals surface area contributed by atoms with Crippen LogP contribution in [0.3, 0.4) is 0 Å². The first kappa shape index (κ1) is 8.76. The van der Waals surface area contributed by atoms with Crippen molar-refractivity contribution in [2.24, 2.45) is 0 Å². The number of hydrogen-bond acceptors (Lipinski definition) is 1. The Labute approximate surface area is 72.1 Å². The van der Waals surface area contributed by atoms with Gasteiger partial charge in [0.05, 0.1) is 5.02 Å². The van der Waals surface area contributed by atoms with E-state index in [9.17, 15) is 4.39 Å². The lowest BCUT2D eigenvalue weighted by Crippen LogP contribution is -1.99. The van der Waals surface area contributed by atoms with Crippen molar-refractivity contribution in [3.05, 3.63) is 23.0 Å². The van der Waals surface area contributed by atoms with Crippen molar-refractivity contribution in [1.82, 2.24) is 0 Å². The average Bonchev–Trinajstić information content (AvgIpc) is 1.99. The van der Waals surface area contributed by atoms with Crippen molar-refractivity contribution in [3.63, 3.8) is 0 Å². The first-order valence-corrected chi connectivity index (χ1v) is 4.03. The van der Waals surface area contributed by atoms with Crippen LogP contribution < -0.4 is 10.6 Å². The molecule has 0 heterocycles. The lowest BCUT2D eigenvalue weighted by Gasteiger charge is -2.03. The van der Waals surface area contributed by atoms with E-state index >= 15 is 0 Å². The van der Waals surface area contributed by atoms with Crippen molar-refractivity contribution >= 4 is 31.8 Å². The van der Waals surface area contributed by atoms with Crippen LogP contribution in [0.4, 0.5) is 10.1 Å². The first-order chi connectivity index (χ1) is 5.15. The predicted octanol–water partition coefficient (Wildman–Crippen LogP) is 2.02. The van der Waals surface area contributed by atoms with Gasteiger partial charge in [-0.3, -0.25) is 0 Å². The number of nitrogens with one attached hydrogen (secondary N) is 1. The van der Waals surface area contributed by atoms with Gasteiger partial charge in [-0.2, -0.15) is 0 Å². The lowest BCUT2D eigenvalue weighted by atomic mass is 10.3. The molecule has 0 aromatic heterocycles. The molecule has 4 heteroatoms. The van der Waals surface area contributed by atoms with E-state index in [1.165, 1.54) is 6.07 Å². The third kappa shape index (κ3) is 1.82. The Balaban J connectivity index is 3.21. The van der Waals surface area contributed by atoms with Crippen molar-refractivity contribution < 1.29 is 4.39 Å². The Kier molecular flexibility index (Phi) is 2.69. The highest BCUT2D eigenvalue weighted by Gasteiger charge is 2.03. The van der Waals surface area contributed by atoms with E-state index in [0.717, 1.165) is 5.69 Å². The molecule has 0 bridgehead atoms. The van der Waals surface area contributed by atoms with Crippen LogP contribution in [0, 0.1) is 5.82 Å². The normalized spacial score (nSPS) is 9.82. The largest absolute Gasteiger partial charge is 0.388 e. The fourth-order valence-corrected chi connectivity index (χ4v) is 1.18. The van der Waals surface area contributed by atoms with E-state index < -0.39 is 5.82 Å². The van der Waals surface area contributed by atoms with Gasteiger partial charge in [0.1, 0.15) is 5.82 Å². The van der Waals surface area contributed by atoms with Gasteiger partial charge in [0.25, 0.3) is 0 Å². The van der Waals surface area contributed by atoms with Crippen LogP contribution in [0.25, 0.3) is 0 Å². The summed E-state index contributed by atoms with van der Waals surface area (Å²) in [6.45, 7) is 0. The molecule has 1 rings (SSSR count). The molecule has 0 fully saturated rings. The summed E-state index contributed by atoms with van der Waals surface area (Å²) in [4.78, 5) is 0. The monoisotopic (exact) mass is 191 g/mol. The molecule has 60 valence electrons. The van der Waals surface area contributed by atoms with E-state index in [1.54, 1.807) is 13.1 Å². The minimum atomic E-state index is -0.400. The molecule has 1 atom stereocenters. The Morgan fingerprint density at radius 1 is 1.55 bits per heavy atom. The number of anilines is 1. The van der Waals surface area contributed by atoms with Crippen molar-refractivity contribution in [2.75, 3.05) is 12.4 Å². The van der Waals surface area contributed by atoms with Gasteiger partial charge in [-0.1, -0.05) is 11.6 Å². The van der Waals surface area contributed by atoms with Gasteiger partial charge in [-0.05, 0) is 17.4 Å². The summed E-state index contributed by atoms with van der Waals surface area (Å²) in [6.07, 6.45) is 0. The van der Waals surface area contributed by atoms with Crippen LogP contribution in [-0.2, 0) is 0 Å². The summed E-state index contributed by atoms with van der Waals surface area (Å²) < 4.78 is 12.8. The molecule has 0 aliphatic rings. The third-order valence-electron chi connectivity index (χ3n) is 1.35. The second-order valence-corrected chi connectivity index (χ2v) is 3.11. The summed E-state index contributed by atoms with van der Waals surface area (Å²) in [6, 6.07) is 3.12. The molecule has 1 aromatic carbocycles. The summed E-state index contributed by atoms with van der Waals surface area (Å²) in [5.74, 6) is -0.400. The minimum Gasteiger partial charge on any atom is -0.388 e. The SMILES string of the molecule is CNc1cc(F)c(Cl)c(P)c1. The molecule has 0 aliphatic carbocycles. The summed E-state index contributed by atoms with van der Waals surface area (Å²) in [5, 5.41) is 3.65. The molecule has 0 saturated carbocycles. The first-order valence-electron chi connectivity index (χ1n) is 3.07. The van der Waals surface area contributed by atoms with Crippen molar-refractivity contribution in [3.8, 4) is 0 Å². The van der Waals surface area contributed by atoms with Gasteiger partial charge in [0.2, 0.25) is 0 Å². The van der Waals surface area contributed by atoms with Crippen LogP contribution in [0.2, 0.25) is 5.02 Å². The molecule has 1 unspecified atom stereocenters. The zero-order valence-corrected chi connectivity index (χ0v) is 7.90. The highest BCUT2D eigenvalue weighted by molar-refractivity contribution is 7.28. The van der Waals surface area contributed by atoms with Crippen molar-refractivity contribution in [2.45, 2.75) is 0 Å². The molecule has 1 N–H and O–H groups in total. The molecule has 0 radical (unpaired) electrons. The Morgan fingerprint density at radius 2 is 2.18 bits per heavy atom. The third-order valence-corrected chi connectivity index (χ3v) is 2.38. The Morgan fingerprint density at radius 3 is 2.64 bits per heavy atom. The number of rotatable bonds is 1. The van der Waals surface area contributed by atoms with Gasteiger partial charge >= 0.3 is 0 Å². The second kappa shape index (κ2) is 3.38. The Bertz CT molecular complexity index is 254. The maximum absolute atomic E-state index is 12.8. The quantitative estimate of drug-likeness (QED) is 0.670. The summed E-state index contributed by atoms with van der Waals surface area (Å²) in [7, 11) is 4.10. The second-order valence-electron chi connectivity index (χ2n) is 2.11. The van der Waals surface area contributed by atoms with Gasteiger partial charge in [-0.15, -0.1) is 9.24 Å². The number of hydrogen-bond donors (Lipinski definition) is 1. The van der Waals surface area contributed by atoms with Gasteiger partial charge in [-0.25, -0.2) is 4.39 Å². The highest BCUT2D eigenvalue weighted by atomic mass is 35.5. The molecule has 11 heavy (non-hydrogen) atoms. The maximum atomic E-state index is 12.8. The molecule has 0 spiro atoms. The van der Waals surface area contributed by atoms with Crippen LogP contribution >= 0.6 is 20.8 Å². The predicted molar refractivity (Wildman–Crippen MR) is 50.3 cm³/mol. The fraction of sp³-hybridized carbons (Fsp3) is 0.143. The Hall–Kier alpha value is -0.330. The smallest absolute Gasteiger partial charge is 0.144 e. The van der Waals surface area contributed by atoms with E-state index in [1.807, 2.05) is 0 Å². The van der Waals surface area contributed by atoms with E-state index in [0.29, 0.717) is 5.30 Å². The van der Waals surface area contributed by atoms with Gasteiger partial charge in [0.15, 0.2) is 0 Å². The van der Waals surface area contributed by atoms with Crippen molar-refractivity contribution in [1.29, 1.82) is 0 Å². The molecule has 0 amide bonds. The van der Waals surface area contributed by atoms with E-state index in [-0.39, 0.29) is 5.02 Å². The molecular formula is C7H8ClFNP.